The fourth-order valence-corrected chi connectivity index (χ4v) is 3.64. The number of nitrogens with one attached hydrogen (secondary N) is 1. The quantitative estimate of drug-likeness (QED) is 0.610. The molecule has 0 unspecified atom stereocenters. The molecular formula is C18H18F3N3OS. The highest BCUT2D eigenvalue weighted by atomic mass is 32.2. The first-order valence-corrected chi connectivity index (χ1v) is 9.23. The maximum atomic E-state index is 12.6. The molecule has 0 spiro atoms. The van der Waals surface area contributed by atoms with E-state index in [1.54, 1.807) is 0 Å². The Morgan fingerprint density at radius 1 is 1.19 bits per heavy atom. The molecule has 1 amide bonds. The van der Waals surface area contributed by atoms with Crippen LogP contribution in [0.1, 0.15) is 30.5 Å². The summed E-state index contributed by atoms with van der Waals surface area (Å²) in [6.07, 6.45) is -0.318. The second kappa shape index (κ2) is 7.65. The molecule has 1 saturated carbocycles. The monoisotopic (exact) mass is 381 g/mol. The van der Waals surface area contributed by atoms with Crippen LogP contribution in [0.5, 0.6) is 0 Å². The van der Waals surface area contributed by atoms with Gasteiger partial charge in [-0.15, -0.1) is 0 Å². The Kier molecular flexibility index (Phi) is 5.50. The summed E-state index contributed by atoms with van der Waals surface area (Å²) >= 11 is 0.897. The van der Waals surface area contributed by atoms with Crippen LogP contribution in [0.15, 0.2) is 47.8 Å². The SMILES string of the molecule is O=C(CSc1nccc(C(F)(F)F)n1)NCC1(c2ccccc2)CCC1. The Hall–Kier alpha value is -2.09. The first-order chi connectivity index (χ1) is 12.4. The average molecular weight is 381 g/mol. The third kappa shape index (κ3) is 4.35. The molecule has 1 fully saturated rings. The number of nitrogens with zero attached hydrogens (tertiary/aromatic N) is 2. The highest BCUT2D eigenvalue weighted by Gasteiger charge is 2.38. The van der Waals surface area contributed by atoms with E-state index in [0.717, 1.165) is 43.3 Å². The van der Waals surface area contributed by atoms with Gasteiger partial charge in [0.1, 0.15) is 5.69 Å². The Labute approximate surface area is 153 Å². The molecule has 1 aliphatic rings. The third-order valence-corrected chi connectivity index (χ3v) is 5.44. The van der Waals surface area contributed by atoms with Gasteiger partial charge in [-0.2, -0.15) is 13.2 Å². The van der Waals surface area contributed by atoms with Gasteiger partial charge >= 0.3 is 6.18 Å². The van der Waals surface area contributed by atoms with Gasteiger partial charge in [0.05, 0.1) is 5.75 Å². The van der Waals surface area contributed by atoms with Gasteiger partial charge in [0.25, 0.3) is 0 Å². The second-order valence-corrected chi connectivity index (χ2v) is 7.23. The summed E-state index contributed by atoms with van der Waals surface area (Å²) in [6.45, 7) is 0.528. The van der Waals surface area contributed by atoms with Crippen molar-refractivity contribution in [2.45, 2.75) is 36.0 Å². The molecular weight excluding hydrogens is 363 g/mol. The van der Waals surface area contributed by atoms with Crippen LogP contribution in [0.25, 0.3) is 0 Å². The van der Waals surface area contributed by atoms with Gasteiger partial charge in [0, 0.05) is 18.2 Å². The van der Waals surface area contributed by atoms with Crippen molar-refractivity contribution in [3.63, 3.8) is 0 Å². The summed E-state index contributed by atoms with van der Waals surface area (Å²) in [5.74, 6) is -0.259. The first kappa shape index (κ1) is 18.7. The molecule has 8 heteroatoms. The van der Waals surface area contributed by atoms with Crippen LogP contribution in [0.4, 0.5) is 13.2 Å². The maximum absolute atomic E-state index is 12.6. The van der Waals surface area contributed by atoms with Gasteiger partial charge < -0.3 is 5.32 Å². The van der Waals surface area contributed by atoms with Crippen molar-refractivity contribution in [2.75, 3.05) is 12.3 Å². The number of thioether (sulfide) groups is 1. The van der Waals surface area contributed by atoms with E-state index in [4.69, 9.17) is 0 Å². The van der Waals surface area contributed by atoms with Crippen molar-refractivity contribution >= 4 is 17.7 Å². The van der Waals surface area contributed by atoms with Crippen LogP contribution in [-0.2, 0) is 16.4 Å². The minimum absolute atomic E-state index is 0.0216. The van der Waals surface area contributed by atoms with Crippen LogP contribution < -0.4 is 5.32 Å². The molecule has 138 valence electrons. The highest BCUT2D eigenvalue weighted by Crippen LogP contribution is 2.43. The van der Waals surface area contributed by atoms with Crippen molar-refractivity contribution in [3.05, 3.63) is 53.9 Å². The van der Waals surface area contributed by atoms with Gasteiger partial charge in [0.15, 0.2) is 5.16 Å². The van der Waals surface area contributed by atoms with Crippen molar-refractivity contribution < 1.29 is 18.0 Å². The van der Waals surface area contributed by atoms with E-state index in [9.17, 15) is 18.0 Å². The number of carbonyl (C=O) groups is 1. The molecule has 0 saturated heterocycles. The summed E-state index contributed by atoms with van der Waals surface area (Å²) < 4.78 is 37.9. The Balaban J connectivity index is 1.53. The molecule has 1 heterocycles. The summed E-state index contributed by atoms with van der Waals surface area (Å²) in [4.78, 5) is 19.3. The molecule has 0 atom stereocenters. The van der Waals surface area contributed by atoms with Crippen LogP contribution in [0.3, 0.4) is 0 Å². The lowest BCUT2D eigenvalue weighted by atomic mass is 9.64. The van der Waals surface area contributed by atoms with Gasteiger partial charge in [-0.25, -0.2) is 9.97 Å². The molecule has 2 aromatic rings. The zero-order valence-electron chi connectivity index (χ0n) is 13.9. The van der Waals surface area contributed by atoms with Gasteiger partial charge in [-0.3, -0.25) is 4.79 Å². The number of carbonyl (C=O) groups excluding carboxylic acids is 1. The number of amides is 1. The summed E-state index contributed by atoms with van der Waals surface area (Å²) in [5.41, 5.74) is 0.169. The number of aromatic nitrogens is 2. The van der Waals surface area contributed by atoms with Crippen molar-refractivity contribution in [1.82, 2.24) is 15.3 Å². The molecule has 1 aromatic carbocycles. The predicted octanol–water partition coefficient (Wildman–Crippen LogP) is 3.83. The topological polar surface area (TPSA) is 54.9 Å². The Morgan fingerprint density at radius 2 is 1.92 bits per heavy atom. The van der Waals surface area contributed by atoms with E-state index in [1.807, 2.05) is 18.2 Å². The van der Waals surface area contributed by atoms with E-state index in [-0.39, 0.29) is 22.2 Å². The third-order valence-electron chi connectivity index (χ3n) is 4.58. The zero-order chi connectivity index (χ0) is 18.6. The first-order valence-electron chi connectivity index (χ1n) is 8.24. The fourth-order valence-electron chi connectivity index (χ4n) is 2.98. The van der Waals surface area contributed by atoms with Gasteiger partial charge in [0.2, 0.25) is 5.91 Å². The number of rotatable bonds is 6. The number of halogens is 3. The Bertz CT molecular complexity index is 764. The maximum Gasteiger partial charge on any atom is 0.433 e. The molecule has 0 bridgehead atoms. The van der Waals surface area contributed by atoms with Crippen molar-refractivity contribution in [2.24, 2.45) is 0 Å². The van der Waals surface area contributed by atoms with Crippen LogP contribution in [-0.4, -0.2) is 28.2 Å². The van der Waals surface area contributed by atoms with Crippen molar-refractivity contribution in [1.29, 1.82) is 0 Å². The lowest BCUT2D eigenvalue weighted by Gasteiger charge is -2.42. The smallest absolute Gasteiger partial charge is 0.354 e. The van der Waals surface area contributed by atoms with E-state index in [0.29, 0.717) is 6.54 Å². The average Bonchev–Trinajstić information content (AvgIpc) is 2.59. The molecule has 1 aliphatic carbocycles. The van der Waals surface area contributed by atoms with Crippen LogP contribution in [0, 0.1) is 0 Å². The summed E-state index contributed by atoms with van der Waals surface area (Å²) in [5, 5.41) is 2.84. The molecule has 1 aromatic heterocycles. The van der Waals surface area contributed by atoms with Crippen LogP contribution in [0.2, 0.25) is 0 Å². The molecule has 0 radical (unpaired) electrons. The molecule has 1 N–H and O–H groups in total. The number of hydrogen-bond acceptors (Lipinski definition) is 4. The second-order valence-electron chi connectivity index (χ2n) is 6.29. The van der Waals surface area contributed by atoms with Gasteiger partial charge in [-0.1, -0.05) is 48.5 Å². The lowest BCUT2D eigenvalue weighted by molar-refractivity contribution is -0.141. The fraction of sp³-hybridized carbons (Fsp3) is 0.389. The highest BCUT2D eigenvalue weighted by molar-refractivity contribution is 7.99. The normalized spacial score (nSPS) is 16.0. The van der Waals surface area contributed by atoms with E-state index in [2.05, 4.69) is 27.4 Å². The van der Waals surface area contributed by atoms with Gasteiger partial charge in [-0.05, 0) is 24.5 Å². The van der Waals surface area contributed by atoms with E-state index < -0.39 is 11.9 Å². The molecule has 0 aliphatic heterocycles. The lowest BCUT2D eigenvalue weighted by Crippen LogP contribution is -2.46. The number of benzene rings is 1. The van der Waals surface area contributed by atoms with E-state index in [1.165, 1.54) is 5.56 Å². The summed E-state index contributed by atoms with van der Waals surface area (Å²) in [7, 11) is 0. The van der Waals surface area contributed by atoms with Crippen molar-refractivity contribution in [3.8, 4) is 0 Å². The van der Waals surface area contributed by atoms with E-state index >= 15 is 0 Å². The Morgan fingerprint density at radius 3 is 2.54 bits per heavy atom. The predicted molar refractivity (Wildman–Crippen MR) is 92.7 cm³/mol. The standard InChI is InChI=1S/C18H18F3N3OS/c19-18(20,21)14-7-10-22-16(24-14)26-11-15(25)23-12-17(8-4-9-17)13-5-2-1-3-6-13/h1-3,5-7,10H,4,8-9,11-12H2,(H,23,25). The zero-order valence-corrected chi connectivity index (χ0v) is 14.7. The largest absolute Gasteiger partial charge is 0.433 e. The number of hydrogen-bond donors (Lipinski definition) is 1. The summed E-state index contributed by atoms with van der Waals surface area (Å²) in [6, 6.07) is 10.9. The minimum atomic E-state index is -4.52. The molecule has 4 nitrogen and oxygen atoms in total. The minimum Gasteiger partial charge on any atom is -0.354 e. The number of alkyl halides is 3. The molecule has 3 rings (SSSR count). The van der Waals surface area contributed by atoms with Crippen LogP contribution >= 0.6 is 11.8 Å². The molecule has 26 heavy (non-hydrogen) atoms.